The molecule has 0 radical (unpaired) electrons. The second-order valence-corrected chi connectivity index (χ2v) is 9.94. The first-order chi connectivity index (χ1) is 13.8. The SMILES string of the molecule is Cc1ccc(S(=O)(=O)c2cnc3c(F)cccc3c2N2CCC(C)CC2)cc1C. The second kappa shape index (κ2) is 7.41. The highest BCUT2D eigenvalue weighted by atomic mass is 32.2. The van der Waals surface area contributed by atoms with Crippen molar-refractivity contribution in [1.29, 1.82) is 0 Å². The van der Waals surface area contributed by atoms with E-state index in [-0.39, 0.29) is 15.3 Å². The molecule has 0 N–H and O–H groups in total. The van der Waals surface area contributed by atoms with Crippen molar-refractivity contribution in [2.24, 2.45) is 5.92 Å². The normalized spacial score (nSPS) is 15.8. The Morgan fingerprint density at radius 2 is 1.79 bits per heavy atom. The Bertz CT molecular complexity index is 1180. The monoisotopic (exact) mass is 412 g/mol. The first-order valence-electron chi connectivity index (χ1n) is 9.93. The maximum absolute atomic E-state index is 14.4. The molecule has 2 aromatic carbocycles. The minimum Gasteiger partial charge on any atom is -0.370 e. The standard InChI is InChI=1S/C23H25FN2O2S/c1-15-9-11-26(12-10-15)23-19-5-4-6-20(24)22(19)25-14-21(23)29(27,28)18-8-7-16(2)17(3)13-18/h4-8,13-15H,9-12H2,1-3H3. The third-order valence-corrected chi connectivity index (χ3v) is 7.72. The number of sulfone groups is 1. The summed E-state index contributed by atoms with van der Waals surface area (Å²) in [4.78, 5) is 6.67. The molecule has 0 bridgehead atoms. The molecular weight excluding hydrogens is 387 g/mol. The number of rotatable bonds is 3. The summed E-state index contributed by atoms with van der Waals surface area (Å²) in [5, 5.41) is 0.546. The van der Waals surface area contributed by atoms with Gasteiger partial charge in [-0.3, -0.25) is 4.98 Å². The number of piperidine rings is 1. The van der Waals surface area contributed by atoms with Gasteiger partial charge in [0.25, 0.3) is 0 Å². The van der Waals surface area contributed by atoms with Crippen LogP contribution < -0.4 is 4.90 Å². The Hall–Kier alpha value is -2.47. The molecule has 0 amide bonds. The fourth-order valence-electron chi connectivity index (χ4n) is 3.92. The highest BCUT2D eigenvalue weighted by Gasteiger charge is 2.29. The van der Waals surface area contributed by atoms with Crippen LogP contribution in [0, 0.1) is 25.6 Å². The molecule has 1 aliphatic rings. The number of para-hydroxylation sites is 1. The van der Waals surface area contributed by atoms with Gasteiger partial charge in [-0.2, -0.15) is 0 Å². The molecular formula is C23H25FN2O2S. The summed E-state index contributed by atoms with van der Waals surface area (Å²) < 4.78 is 41.6. The van der Waals surface area contributed by atoms with Crippen molar-refractivity contribution < 1.29 is 12.8 Å². The molecule has 0 aliphatic carbocycles. The summed E-state index contributed by atoms with van der Waals surface area (Å²) >= 11 is 0. The van der Waals surface area contributed by atoms with Crippen LogP contribution in [0.4, 0.5) is 10.1 Å². The van der Waals surface area contributed by atoms with E-state index in [1.165, 1.54) is 12.3 Å². The van der Waals surface area contributed by atoms with E-state index in [9.17, 15) is 12.8 Å². The molecule has 1 saturated heterocycles. The number of benzene rings is 2. The van der Waals surface area contributed by atoms with Gasteiger partial charge in [-0.1, -0.05) is 25.1 Å². The Morgan fingerprint density at radius 1 is 1.07 bits per heavy atom. The zero-order valence-corrected chi connectivity index (χ0v) is 17.8. The van der Waals surface area contributed by atoms with E-state index < -0.39 is 15.7 Å². The van der Waals surface area contributed by atoms with Crippen molar-refractivity contribution in [2.45, 2.75) is 43.4 Å². The van der Waals surface area contributed by atoms with Gasteiger partial charge in [0.1, 0.15) is 16.2 Å². The van der Waals surface area contributed by atoms with Crippen molar-refractivity contribution in [3.8, 4) is 0 Å². The minimum atomic E-state index is -3.80. The third kappa shape index (κ3) is 3.50. The number of anilines is 1. The molecule has 152 valence electrons. The molecule has 4 rings (SSSR count). The van der Waals surface area contributed by atoms with Crippen LogP contribution in [-0.2, 0) is 9.84 Å². The van der Waals surface area contributed by atoms with Crippen LogP contribution in [-0.4, -0.2) is 26.5 Å². The third-order valence-electron chi connectivity index (χ3n) is 5.96. The summed E-state index contributed by atoms with van der Waals surface area (Å²) in [6.07, 6.45) is 3.27. The van der Waals surface area contributed by atoms with Crippen LogP contribution in [0.15, 0.2) is 52.4 Å². The first-order valence-corrected chi connectivity index (χ1v) is 11.4. The van der Waals surface area contributed by atoms with E-state index in [1.807, 2.05) is 19.9 Å². The van der Waals surface area contributed by atoms with Gasteiger partial charge < -0.3 is 4.90 Å². The van der Waals surface area contributed by atoms with E-state index in [0.29, 0.717) is 17.0 Å². The van der Waals surface area contributed by atoms with E-state index in [1.54, 1.807) is 24.3 Å². The Labute approximate surface area is 171 Å². The molecule has 0 atom stereocenters. The fourth-order valence-corrected chi connectivity index (χ4v) is 5.44. The Balaban J connectivity index is 1.96. The van der Waals surface area contributed by atoms with Gasteiger partial charge in [0.05, 0.1) is 10.6 Å². The number of aryl methyl sites for hydroxylation is 2. The van der Waals surface area contributed by atoms with Crippen molar-refractivity contribution in [3.05, 3.63) is 59.5 Å². The highest BCUT2D eigenvalue weighted by molar-refractivity contribution is 7.91. The predicted octanol–water partition coefficient (Wildman–Crippen LogP) is 5.06. The van der Waals surface area contributed by atoms with Crippen LogP contribution in [0.25, 0.3) is 10.9 Å². The van der Waals surface area contributed by atoms with Gasteiger partial charge >= 0.3 is 0 Å². The van der Waals surface area contributed by atoms with Gasteiger partial charge in [0.15, 0.2) is 0 Å². The van der Waals surface area contributed by atoms with Crippen LogP contribution in [0.1, 0.15) is 30.9 Å². The molecule has 3 aromatic rings. The molecule has 2 heterocycles. The van der Waals surface area contributed by atoms with Gasteiger partial charge in [-0.25, -0.2) is 12.8 Å². The Kier molecular flexibility index (Phi) is 5.07. The average Bonchev–Trinajstić information content (AvgIpc) is 2.70. The smallest absolute Gasteiger partial charge is 0.210 e. The molecule has 29 heavy (non-hydrogen) atoms. The number of halogens is 1. The lowest BCUT2D eigenvalue weighted by Gasteiger charge is -2.34. The molecule has 6 heteroatoms. The maximum atomic E-state index is 14.4. The summed E-state index contributed by atoms with van der Waals surface area (Å²) in [7, 11) is -3.80. The van der Waals surface area contributed by atoms with Crippen LogP contribution in [0.3, 0.4) is 0 Å². The fraction of sp³-hybridized carbons (Fsp3) is 0.348. The van der Waals surface area contributed by atoms with E-state index >= 15 is 0 Å². The molecule has 4 nitrogen and oxygen atoms in total. The number of hydrogen-bond acceptors (Lipinski definition) is 4. The van der Waals surface area contributed by atoms with E-state index in [0.717, 1.165) is 37.1 Å². The highest BCUT2D eigenvalue weighted by Crippen LogP contribution is 2.38. The zero-order valence-electron chi connectivity index (χ0n) is 16.9. The van der Waals surface area contributed by atoms with Crippen molar-refractivity contribution >= 4 is 26.4 Å². The second-order valence-electron chi connectivity index (χ2n) is 8.03. The molecule has 0 spiro atoms. The van der Waals surface area contributed by atoms with E-state index in [2.05, 4.69) is 16.8 Å². The number of nitrogens with zero attached hydrogens (tertiary/aromatic N) is 2. The molecule has 0 unspecified atom stereocenters. The van der Waals surface area contributed by atoms with Gasteiger partial charge in [-0.15, -0.1) is 0 Å². The predicted molar refractivity (Wildman–Crippen MR) is 114 cm³/mol. The van der Waals surface area contributed by atoms with Crippen LogP contribution in [0.2, 0.25) is 0 Å². The van der Waals surface area contributed by atoms with Crippen LogP contribution >= 0.6 is 0 Å². The lowest BCUT2D eigenvalue weighted by atomic mass is 9.98. The minimum absolute atomic E-state index is 0.147. The summed E-state index contributed by atoms with van der Waals surface area (Å²) in [5.41, 5.74) is 2.73. The Morgan fingerprint density at radius 3 is 2.48 bits per heavy atom. The topological polar surface area (TPSA) is 50.3 Å². The quantitative estimate of drug-likeness (QED) is 0.603. The molecule has 1 aromatic heterocycles. The van der Waals surface area contributed by atoms with Gasteiger partial charge in [-0.05, 0) is 61.9 Å². The van der Waals surface area contributed by atoms with Gasteiger partial charge in [0, 0.05) is 24.7 Å². The lowest BCUT2D eigenvalue weighted by Crippen LogP contribution is -2.34. The summed E-state index contributed by atoms with van der Waals surface area (Å²) in [5.74, 6) is 0.153. The number of aromatic nitrogens is 1. The number of pyridine rings is 1. The van der Waals surface area contributed by atoms with Crippen molar-refractivity contribution in [2.75, 3.05) is 18.0 Å². The molecule has 1 aliphatic heterocycles. The largest absolute Gasteiger partial charge is 0.370 e. The van der Waals surface area contributed by atoms with Gasteiger partial charge in [0.2, 0.25) is 9.84 Å². The zero-order chi connectivity index (χ0) is 20.8. The number of hydrogen-bond donors (Lipinski definition) is 0. The first kappa shape index (κ1) is 19.8. The lowest BCUT2D eigenvalue weighted by molar-refractivity contribution is 0.437. The molecule has 1 fully saturated rings. The average molecular weight is 413 g/mol. The maximum Gasteiger partial charge on any atom is 0.210 e. The van der Waals surface area contributed by atoms with E-state index in [4.69, 9.17) is 0 Å². The summed E-state index contributed by atoms with van der Waals surface area (Å²) in [6, 6.07) is 9.88. The van der Waals surface area contributed by atoms with Crippen molar-refractivity contribution in [3.63, 3.8) is 0 Å². The molecule has 0 saturated carbocycles. The van der Waals surface area contributed by atoms with Crippen molar-refractivity contribution in [1.82, 2.24) is 4.98 Å². The summed E-state index contributed by atoms with van der Waals surface area (Å²) in [6.45, 7) is 7.54. The number of fused-ring (bicyclic) bond motifs is 1. The van der Waals surface area contributed by atoms with Crippen LogP contribution in [0.5, 0.6) is 0 Å².